The second-order valence-electron chi connectivity index (χ2n) is 2.31. The van der Waals surface area contributed by atoms with Crippen LogP contribution in [0, 0.1) is 6.92 Å². The third kappa shape index (κ3) is 1.05. The highest BCUT2D eigenvalue weighted by Crippen LogP contribution is 2.03. The minimum absolute atomic E-state index is 0.718. The van der Waals surface area contributed by atoms with E-state index in [1.54, 1.807) is 23.4 Å². The molecule has 5 nitrogen and oxygen atoms in total. The topological polar surface area (TPSA) is 56.5 Å². The Morgan fingerprint density at radius 3 is 2.75 bits per heavy atom. The molecule has 0 saturated carbocycles. The molecule has 0 atom stereocenters. The molecule has 0 aliphatic rings. The molecule has 0 spiro atoms. The molecule has 0 N–H and O–H groups in total. The Morgan fingerprint density at radius 2 is 2.08 bits per heavy atom. The minimum atomic E-state index is 0.718. The molecule has 0 saturated heterocycles. The van der Waals surface area contributed by atoms with Crippen molar-refractivity contribution in [3.63, 3.8) is 0 Å². The van der Waals surface area contributed by atoms with Crippen molar-refractivity contribution in [2.24, 2.45) is 0 Å². The van der Waals surface area contributed by atoms with Crippen LogP contribution in [0.25, 0.3) is 5.82 Å². The minimum Gasteiger partial charge on any atom is -0.256 e. The number of hydrogen-bond acceptors (Lipinski definition) is 4. The quantitative estimate of drug-likeness (QED) is 0.606. The van der Waals surface area contributed by atoms with Gasteiger partial charge in [-0.05, 0) is 6.92 Å². The summed E-state index contributed by atoms with van der Waals surface area (Å²) in [7, 11) is 0. The van der Waals surface area contributed by atoms with Crippen molar-refractivity contribution >= 4 is 0 Å². The molecule has 2 aromatic heterocycles. The SMILES string of the molecule is Cc1nccnc1-n1cncn1. The van der Waals surface area contributed by atoms with E-state index in [2.05, 4.69) is 20.1 Å². The van der Waals surface area contributed by atoms with E-state index in [1.165, 1.54) is 6.33 Å². The van der Waals surface area contributed by atoms with Crippen LogP contribution in [-0.2, 0) is 0 Å². The monoisotopic (exact) mass is 161 g/mol. The van der Waals surface area contributed by atoms with Crippen molar-refractivity contribution in [1.82, 2.24) is 24.7 Å². The number of aromatic nitrogens is 5. The molecule has 2 rings (SSSR count). The molecule has 12 heavy (non-hydrogen) atoms. The van der Waals surface area contributed by atoms with E-state index in [1.807, 2.05) is 6.92 Å². The zero-order valence-corrected chi connectivity index (χ0v) is 6.55. The highest BCUT2D eigenvalue weighted by Gasteiger charge is 2.01. The summed E-state index contributed by atoms with van der Waals surface area (Å²) < 4.78 is 1.59. The number of hydrogen-bond donors (Lipinski definition) is 0. The van der Waals surface area contributed by atoms with Gasteiger partial charge in [0.1, 0.15) is 12.7 Å². The maximum absolute atomic E-state index is 4.12. The third-order valence-electron chi connectivity index (χ3n) is 1.49. The molecule has 0 fully saturated rings. The second-order valence-corrected chi connectivity index (χ2v) is 2.31. The molecule has 2 heterocycles. The van der Waals surface area contributed by atoms with E-state index in [4.69, 9.17) is 0 Å². The van der Waals surface area contributed by atoms with Crippen LogP contribution in [0.5, 0.6) is 0 Å². The van der Waals surface area contributed by atoms with Crippen molar-refractivity contribution in [3.05, 3.63) is 30.7 Å². The summed E-state index contributed by atoms with van der Waals surface area (Å²) in [6.07, 6.45) is 6.34. The van der Waals surface area contributed by atoms with Gasteiger partial charge >= 0.3 is 0 Å². The van der Waals surface area contributed by atoms with Gasteiger partial charge in [-0.25, -0.2) is 14.6 Å². The Labute approximate surface area is 69.1 Å². The maximum atomic E-state index is 4.12. The summed E-state index contributed by atoms with van der Waals surface area (Å²) >= 11 is 0. The van der Waals surface area contributed by atoms with Gasteiger partial charge < -0.3 is 0 Å². The fraction of sp³-hybridized carbons (Fsp3) is 0.143. The van der Waals surface area contributed by atoms with Crippen LogP contribution in [0.3, 0.4) is 0 Å². The lowest BCUT2D eigenvalue weighted by atomic mass is 10.4. The van der Waals surface area contributed by atoms with Crippen molar-refractivity contribution in [1.29, 1.82) is 0 Å². The van der Waals surface area contributed by atoms with E-state index in [-0.39, 0.29) is 0 Å². The van der Waals surface area contributed by atoms with E-state index in [9.17, 15) is 0 Å². The highest BCUT2D eigenvalue weighted by molar-refractivity contribution is 5.23. The first kappa shape index (κ1) is 6.90. The normalized spacial score (nSPS) is 10.1. The molecule has 0 radical (unpaired) electrons. The van der Waals surface area contributed by atoms with Gasteiger partial charge in [0.15, 0.2) is 5.82 Å². The fourth-order valence-electron chi connectivity index (χ4n) is 0.943. The zero-order valence-electron chi connectivity index (χ0n) is 6.55. The largest absolute Gasteiger partial charge is 0.256 e. The molecule has 0 bridgehead atoms. The maximum Gasteiger partial charge on any atom is 0.176 e. The molecule has 0 aromatic carbocycles. The fourth-order valence-corrected chi connectivity index (χ4v) is 0.943. The Balaban J connectivity index is 2.55. The smallest absolute Gasteiger partial charge is 0.176 e. The van der Waals surface area contributed by atoms with Crippen molar-refractivity contribution < 1.29 is 0 Å². The Hall–Kier alpha value is -1.78. The van der Waals surface area contributed by atoms with E-state index in [0.29, 0.717) is 0 Å². The van der Waals surface area contributed by atoms with Gasteiger partial charge in [-0.3, -0.25) is 4.98 Å². The molecule has 2 aromatic rings. The Kier molecular flexibility index (Phi) is 1.55. The van der Waals surface area contributed by atoms with Crippen molar-refractivity contribution in [2.45, 2.75) is 6.92 Å². The molecule has 0 aliphatic carbocycles. The lowest BCUT2D eigenvalue weighted by Crippen LogP contribution is -2.01. The van der Waals surface area contributed by atoms with Gasteiger partial charge in [0.05, 0.1) is 5.69 Å². The summed E-state index contributed by atoms with van der Waals surface area (Å²) in [6.45, 7) is 1.88. The lowest BCUT2D eigenvalue weighted by molar-refractivity contribution is 0.822. The second kappa shape index (κ2) is 2.69. The predicted molar refractivity (Wildman–Crippen MR) is 41.7 cm³/mol. The summed E-state index contributed by atoms with van der Waals surface area (Å²) in [5.74, 6) is 0.718. The molecule has 60 valence electrons. The molecule has 0 amide bonds. The summed E-state index contributed by atoms with van der Waals surface area (Å²) in [4.78, 5) is 12.0. The van der Waals surface area contributed by atoms with E-state index >= 15 is 0 Å². The van der Waals surface area contributed by atoms with Crippen LogP contribution >= 0.6 is 0 Å². The molecular formula is C7H7N5. The van der Waals surface area contributed by atoms with Crippen LogP contribution in [0.2, 0.25) is 0 Å². The molecular weight excluding hydrogens is 154 g/mol. The van der Waals surface area contributed by atoms with E-state index < -0.39 is 0 Å². The Bertz CT molecular complexity index is 367. The van der Waals surface area contributed by atoms with Gasteiger partial charge in [-0.2, -0.15) is 5.10 Å². The summed E-state index contributed by atoms with van der Waals surface area (Å²) in [5.41, 5.74) is 0.836. The first-order valence-corrected chi connectivity index (χ1v) is 3.50. The Morgan fingerprint density at radius 1 is 1.25 bits per heavy atom. The van der Waals surface area contributed by atoms with Crippen LogP contribution in [0.15, 0.2) is 25.0 Å². The highest BCUT2D eigenvalue weighted by atomic mass is 15.3. The van der Waals surface area contributed by atoms with Crippen molar-refractivity contribution in [2.75, 3.05) is 0 Å². The number of aryl methyl sites for hydroxylation is 1. The van der Waals surface area contributed by atoms with Crippen LogP contribution in [0.4, 0.5) is 0 Å². The number of rotatable bonds is 1. The first-order chi connectivity index (χ1) is 5.88. The molecule has 5 heteroatoms. The molecule has 0 unspecified atom stereocenters. The van der Waals surface area contributed by atoms with Gasteiger partial charge in [0.25, 0.3) is 0 Å². The van der Waals surface area contributed by atoms with E-state index in [0.717, 1.165) is 11.5 Å². The average Bonchev–Trinajstić information content (AvgIpc) is 2.57. The third-order valence-corrected chi connectivity index (χ3v) is 1.49. The first-order valence-electron chi connectivity index (χ1n) is 3.50. The van der Waals surface area contributed by atoms with Gasteiger partial charge in [0, 0.05) is 12.4 Å². The lowest BCUT2D eigenvalue weighted by Gasteiger charge is -2.00. The predicted octanol–water partition coefficient (Wildman–Crippen LogP) is 0.366. The van der Waals surface area contributed by atoms with Crippen LogP contribution in [-0.4, -0.2) is 24.7 Å². The van der Waals surface area contributed by atoms with Gasteiger partial charge in [-0.1, -0.05) is 0 Å². The van der Waals surface area contributed by atoms with Gasteiger partial charge in [0.2, 0.25) is 0 Å². The molecule has 0 aliphatic heterocycles. The summed E-state index contributed by atoms with van der Waals surface area (Å²) in [6, 6.07) is 0. The number of nitrogens with zero attached hydrogens (tertiary/aromatic N) is 5. The van der Waals surface area contributed by atoms with Gasteiger partial charge in [-0.15, -0.1) is 0 Å². The zero-order chi connectivity index (χ0) is 8.39. The van der Waals surface area contributed by atoms with Crippen LogP contribution < -0.4 is 0 Å². The van der Waals surface area contributed by atoms with Crippen LogP contribution in [0.1, 0.15) is 5.69 Å². The van der Waals surface area contributed by atoms with Crippen molar-refractivity contribution in [3.8, 4) is 5.82 Å². The standard InChI is InChI=1S/C7H7N5/c1-6-7(10-3-2-9-6)12-5-8-4-11-12/h2-5H,1H3. The average molecular weight is 161 g/mol. The summed E-state index contributed by atoms with van der Waals surface area (Å²) in [5, 5.41) is 3.95.